The fraction of sp³-hybridized carbons (Fsp3) is 0.333. The first-order chi connectivity index (χ1) is 10.1. The average Bonchev–Trinajstić information content (AvgIpc) is 3.06. The van der Waals surface area contributed by atoms with Crippen molar-refractivity contribution in [2.24, 2.45) is 0 Å². The molecule has 1 aliphatic heterocycles. The van der Waals surface area contributed by atoms with Crippen LogP contribution in [0.25, 0.3) is 10.1 Å². The predicted molar refractivity (Wildman–Crippen MR) is 83.3 cm³/mol. The summed E-state index contributed by atoms with van der Waals surface area (Å²) in [5.74, 6) is -0.173. The predicted octanol–water partition coefficient (Wildman–Crippen LogP) is 3.72. The Bertz CT molecular complexity index is 719. The molecule has 2 aromatic rings. The van der Waals surface area contributed by atoms with E-state index in [1.807, 2.05) is 6.07 Å². The number of likely N-dealkylation sites (tertiary alicyclic amines) is 1. The van der Waals surface area contributed by atoms with Crippen molar-refractivity contribution in [3.8, 4) is 5.75 Å². The first-order valence-electron chi connectivity index (χ1n) is 6.76. The highest BCUT2D eigenvalue weighted by molar-refractivity contribution is 7.21. The summed E-state index contributed by atoms with van der Waals surface area (Å²) < 4.78 is 6.19. The van der Waals surface area contributed by atoms with Crippen molar-refractivity contribution in [3.63, 3.8) is 0 Å². The number of thiophene rings is 1. The summed E-state index contributed by atoms with van der Waals surface area (Å²) in [5.41, 5.74) is 0. The van der Waals surface area contributed by atoms with Crippen LogP contribution < -0.4 is 4.74 Å². The number of nitrogens with zero attached hydrogens (tertiary/aromatic N) is 1. The molecule has 0 aliphatic carbocycles. The number of hydrogen-bond donors (Lipinski definition) is 0. The van der Waals surface area contributed by atoms with Gasteiger partial charge in [-0.1, -0.05) is 11.6 Å². The normalized spacial score (nSPS) is 14.7. The van der Waals surface area contributed by atoms with Gasteiger partial charge in [0.1, 0.15) is 4.88 Å². The Labute approximate surface area is 131 Å². The van der Waals surface area contributed by atoms with Gasteiger partial charge in [-0.05, 0) is 31.0 Å². The van der Waals surface area contributed by atoms with E-state index in [1.54, 1.807) is 17.0 Å². The summed E-state index contributed by atoms with van der Waals surface area (Å²) in [6.45, 7) is 2.85. The van der Waals surface area contributed by atoms with Crippen LogP contribution in [-0.4, -0.2) is 29.9 Å². The van der Waals surface area contributed by atoms with Crippen LogP contribution >= 0.6 is 22.9 Å². The monoisotopic (exact) mass is 323 g/mol. The van der Waals surface area contributed by atoms with Crippen molar-refractivity contribution in [2.45, 2.75) is 19.8 Å². The molecule has 0 radical (unpaired) electrons. The maximum Gasteiger partial charge on any atom is 0.308 e. The van der Waals surface area contributed by atoms with Crippen LogP contribution in [0.2, 0.25) is 5.02 Å². The molecule has 1 aromatic heterocycles. The highest BCUT2D eigenvalue weighted by Gasteiger charge is 2.27. The molecule has 3 rings (SSSR count). The maximum absolute atomic E-state index is 12.6. The molecule has 0 atom stereocenters. The second-order valence-electron chi connectivity index (χ2n) is 4.99. The lowest BCUT2D eigenvalue weighted by molar-refractivity contribution is -0.131. The summed E-state index contributed by atoms with van der Waals surface area (Å²) in [5, 5.41) is 1.26. The summed E-state index contributed by atoms with van der Waals surface area (Å²) in [4.78, 5) is 26.3. The van der Waals surface area contributed by atoms with E-state index in [0.717, 1.165) is 30.6 Å². The van der Waals surface area contributed by atoms with Crippen LogP contribution in [0.15, 0.2) is 18.2 Å². The van der Waals surface area contributed by atoms with Gasteiger partial charge in [-0.2, -0.15) is 0 Å². The van der Waals surface area contributed by atoms with Gasteiger partial charge in [0, 0.05) is 35.1 Å². The van der Waals surface area contributed by atoms with Crippen LogP contribution in [0.5, 0.6) is 5.75 Å². The minimum absolute atomic E-state index is 0.0685. The molecule has 21 heavy (non-hydrogen) atoms. The first kappa shape index (κ1) is 14.4. The number of carbonyl (C=O) groups excluding carboxylic acids is 2. The fourth-order valence-corrected chi connectivity index (χ4v) is 3.75. The van der Waals surface area contributed by atoms with Crippen molar-refractivity contribution in [3.05, 3.63) is 28.1 Å². The molecular weight excluding hydrogens is 310 g/mol. The highest BCUT2D eigenvalue weighted by Crippen LogP contribution is 2.40. The van der Waals surface area contributed by atoms with Crippen molar-refractivity contribution in [1.82, 2.24) is 4.90 Å². The fourth-order valence-electron chi connectivity index (χ4n) is 2.50. The van der Waals surface area contributed by atoms with Gasteiger partial charge >= 0.3 is 5.97 Å². The number of halogens is 1. The third kappa shape index (κ3) is 2.76. The Hall–Kier alpha value is -1.59. The van der Waals surface area contributed by atoms with E-state index in [-0.39, 0.29) is 5.91 Å². The van der Waals surface area contributed by atoms with Crippen molar-refractivity contribution < 1.29 is 14.3 Å². The summed E-state index contributed by atoms with van der Waals surface area (Å²) in [7, 11) is 0. The largest absolute Gasteiger partial charge is 0.424 e. The van der Waals surface area contributed by atoms with E-state index in [9.17, 15) is 9.59 Å². The minimum Gasteiger partial charge on any atom is -0.424 e. The summed E-state index contributed by atoms with van der Waals surface area (Å²) in [6, 6.07) is 5.34. The molecule has 1 aliphatic rings. The molecule has 0 N–H and O–H groups in total. The molecule has 1 aromatic carbocycles. The van der Waals surface area contributed by atoms with Gasteiger partial charge < -0.3 is 9.64 Å². The Kier molecular flexibility index (Phi) is 3.87. The Balaban J connectivity index is 2.11. The third-order valence-electron chi connectivity index (χ3n) is 3.44. The molecule has 110 valence electrons. The van der Waals surface area contributed by atoms with Crippen molar-refractivity contribution in [1.29, 1.82) is 0 Å². The second-order valence-corrected chi connectivity index (χ2v) is 6.48. The number of fused-ring (bicyclic) bond motifs is 1. The summed E-state index contributed by atoms with van der Waals surface area (Å²) in [6.07, 6.45) is 2.04. The maximum atomic E-state index is 12.6. The van der Waals surface area contributed by atoms with Gasteiger partial charge in [0.25, 0.3) is 5.91 Å². The summed E-state index contributed by atoms with van der Waals surface area (Å²) >= 11 is 7.35. The van der Waals surface area contributed by atoms with E-state index in [0.29, 0.717) is 21.0 Å². The minimum atomic E-state index is -0.440. The zero-order valence-corrected chi connectivity index (χ0v) is 13.1. The van der Waals surface area contributed by atoms with Gasteiger partial charge in [-0.3, -0.25) is 9.59 Å². The van der Waals surface area contributed by atoms with Crippen LogP contribution in [-0.2, 0) is 4.79 Å². The smallest absolute Gasteiger partial charge is 0.308 e. The van der Waals surface area contributed by atoms with E-state index < -0.39 is 5.97 Å². The topological polar surface area (TPSA) is 46.6 Å². The zero-order valence-electron chi connectivity index (χ0n) is 11.5. The molecule has 4 nitrogen and oxygen atoms in total. The standard InChI is InChI=1S/C15H14ClNO3S/c1-9(18)20-13-11-8-10(16)4-5-12(11)21-14(13)15(19)17-6-2-3-7-17/h4-5,8H,2-3,6-7H2,1H3. The SMILES string of the molecule is CC(=O)Oc1c(C(=O)N2CCCC2)sc2ccc(Cl)cc12. The van der Waals surface area contributed by atoms with E-state index in [2.05, 4.69) is 0 Å². The number of rotatable bonds is 2. The van der Waals surface area contributed by atoms with Crippen LogP contribution in [0.3, 0.4) is 0 Å². The van der Waals surface area contributed by atoms with E-state index in [1.165, 1.54) is 18.3 Å². The van der Waals surface area contributed by atoms with E-state index in [4.69, 9.17) is 16.3 Å². The lowest BCUT2D eigenvalue weighted by atomic mass is 10.2. The third-order valence-corrected chi connectivity index (χ3v) is 4.81. The zero-order chi connectivity index (χ0) is 15.0. The van der Waals surface area contributed by atoms with Crippen LogP contribution in [0.1, 0.15) is 29.4 Å². The molecule has 0 saturated carbocycles. The highest BCUT2D eigenvalue weighted by atomic mass is 35.5. The molecule has 6 heteroatoms. The quantitative estimate of drug-likeness (QED) is 0.791. The molecular formula is C15H14ClNO3S. The number of carbonyl (C=O) groups is 2. The van der Waals surface area contributed by atoms with Crippen molar-refractivity contribution >= 4 is 44.9 Å². The van der Waals surface area contributed by atoms with Gasteiger partial charge in [0.2, 0.25) is 0 Å². The van der Waals surface area contributed by atoms with Crippen LogP contribution in [0, 0.1) is 0 Å². The lowest BCUT2D eigenvalue weighted by Crippen LogP contribution is -2.27. The van der Waals surface area contributed by atoms with E-state index >= 15 is 0 Å². The molecule has 0 bridgehead atoms. The van der Waals surface area contributed by atoms with Gasteiger partial charge in [-0.25, -0.2) is 0 Å². The average molecular weight is 324 g/mol. The first-order valence-corrected chi connectivity index (χ1v) is 7.95. The molecule has 2 heterocycles. The number of benzene rings is 1. The van der Waals surface area contributed by atoms with Gasteiger partial charge in [0.15, 0.2) is 5.75 Å². The van der Waals surface area contributed by atoms with Gasteiger partial charge in [0.05, 0.1) is 0 Å². The second kappa shape index (κ2) is 5.66. The van der Waals surface area contributed by atoms with Crippen molar-refractivity contribution in [2.75, 3.05) is 13.1 Å². The van der Waals surface area contributed by atoms with Gasteiger partial charge in [-0.15, -0.1) is 11.3 Å². The number of hydrogen-bond acceptors (Lipinski definition) is 4. The molecule has 1 fully saturated rings. The number of ether oxygens (including phenoxy) is 1. The molecule has 0 unspecified atom stereocenters. The number of amides is 1. The molecule has 0 spiro atoms. The molecule has 1 saturated heterocycles. The van der Waals surface area contributed by atoms with Crippen LogP contribution in [0.4, 0.5) is 0 Å². The Morgan fingerprint density at radius 1 is 1.29 bits per heavy atom. The lowest BCUT2D eigenvalue weighted by Gasteiger charge is -2.14. The Morgan fingerprint density at radius 2 is 2.00 bits per heavy atom. The number of esters is 1. The Morgan fingerprint density at radius 3 is 2.67 bits per heavy atom. The molecule has 1 amide bonds.